The molecule has 4 aromatic carbocycles. The predicted molar refractivity (Wildman–Crippen MR) is 163 cm³/mol. The fraction of sp³-hybridized carbons (Fsp3) is 0.176. The normalized spacial score (nSPS) is 13.7. The lowest BCUT2D eigenvalue weighted by Gasteiger charge is -2.31. The van der Waals surface area contributed by atoms with Gasteiger partial charge in [0.15, 0.2) is 0 Å². The SMILES string of the molecule is CCOc1ccc(CCNC(=O)c2ccc3c(c2)N(Cc2cccc(C)c2)C(=O)/C(=C/c2ccccc2)S3)cc1. The van der Waals surface area contributed by atoms with E-state index in [1.165, 1.54) is 11.8 Å². The van der Waals surface area contributed by atoms with Crippen molar-refractivity contribution in [1.82, 2.24) is 5.32 Å². The molecule has 5 nitrogen and oxygen atoms in total. The number of carbonyl (C=O) groups is 2. The van der Waals surface area contributed by atoms with Crippen molar-refractivity contribution in [3.63, 3.8) is 0 Å². The molecule has 1 aliphatic heterocycles. The summed E-state index contributed by atoms with van der Waals surface area (Å²) >= 11 is 1.45. The highest BCUT2D eigenvalue weighted by atomic mass is 32.2. The Morgan fingerprint density at radius 1 is 0.925 bits per heavy atom. The zero-order valence-corrected chi connectivity index (χ0v) is 23.5. The van der Waals surface area contributed by atoms with Crippen LogP contribution in [-0.2, 0) is 17.8 Å². The van der Waals surface area contributed by atoms with Crippen molar-refractivity contribution < 1.29 is 14.3 Å². The van der Waals surface area contributed by atoms with E-state index in [0.717, 1.165) is 38.6 Å². The topological polar surface area (TPSA) is 58.6 Å². The van der Waals surface area contributed by atoms with Crippen LogP contribution >= 0.6 is 11.8 Å². The first-order chi connectivity index (χ1) is 19.5. The van der Waals surface area contributed by atoms with Gasteiger partial charge in [-0.25, -0.2) is 0 Å². The van der Waals surface area contributed by atoms with Crippen molar-refractivity contribution in [2.45, 2.75) is 31.7 Å². The first-order valence-corrected chi connectivity index (χ1v) is 14.3. The van der Waals surface area contributed by atoms with E-state index in [-0.39, 0.29) is 11.8 Å². The minimum absolute atomic E-state index is 0.0732. The number of anilines is 1. The van der Waals surface area contributed by atoms with Gasteiger partial charge in [0.05, 0.1) is 23.7 Å². The monoisotopic (exact) mass is 548 g/mol. The summed E-state index contributed by atoms with van der Waals surface area (Å²) in [5.41, 5.74) is 5.55. The fourth-order valence-electron chi connectivity index (χ4n) is 4.64. The Kier molecular flexibility index (Phi) is 8.67. The number of hydrogen-bond donors (Lipinski definition) is 1. The third-order valence-electron chi connectivity index (χ3n) is 6.64. The number of nitrogens with zero attached hydrogens (tertiary/aromatic N) is 1. The second kappa shape index (κ2) is 12.7. The Labute approximate surface area is 239 Å². The summed E-state index contributed by atoms with van der Waals surface area (Å²) in [5, 5.41) is 3.03. The Morgan fingerprint density at radius 2 is 1.73 bits per heavy atom. The molecule has 0 aromatic heterocycles. The van der Waals surface area contributed by atoms with Crippen molar-refractivity contribution >= 4 is 35.3 Å². The minimum atomic E-state index is -0.160. The van der Waals surface area contributed by atoms with Crippen LogP contribution in [0.1, 0.15) is 39.5 Å². The molecule has 0 spiro atoms. The number of amides is 2. The highest BCUT2D eigenvalue weighted by Gasteiger charge is 2.30. The van der Waals surface area contributed by atoms with E-state index in [1.807, 2.05) is 111 Å². The van der Waals surface area contributed by atoms with Crippen LogP contribution < -0.4 is 15.0 Å². The highest BCUT2D eigenvalue weighted by molar-refractivity contribution is 8.04. The maximum Gasteiger partial charge on any atom is 0.265 e. The molecule has 6 heteroatoms. The number of benzene rings is 4. The standard InChI is InChI=1S/C34H32N2O3S/c1-3-39-29-15-12-25(13-16-29)18-19-35-33(37)28-14-17-31-30(22-28)36(23-27-11-7-8-24(2)20-27)34(38)32(40-31)21-26-9-5-4-6-10-26/h4-17,20-22H,3,18-19,23H2,1-2H3,(H,35,37)/b32-21-. The largest absolute Gasteiger partial charge is 0.494 e. The van der Waals surface area contributed by atoms with Crippen LogP contribution in [0, 0.1) is 6.92 Å². The molecule has 0 atom stereocenters. The van der Waals surface area contributed by atoms with E-state index < -0.39 is 0 Å². The molecule has 0 radical (unpaired) electrons. The Balaban J connectivity index is 1.36. The quantitative estimate of drug-likeness (QED) is 0.228. The van der Waals surface area contributed by atoms with Gasteiger partial charge in [-0.05, 0) is 73.4 Å². The van der Waals surface area contributed by atoms with Crippen LogP contribution in [-0.4, -0.2) is 25.0 Å². The van der Waals surface area contributed by atoms with Crippen molar-refractivity contribution in [1.29, 1.82) is 0 Å². The van der Waals surface area contributed by atoms with Crippen molar-refractivity contribution in [2.24, 2.45) is 0 Å². The van der Waals surface area contributed by atoms with Crippen LogP contribution in [0.4, 0.5) is 5.69 Å². The molecule has 0 saturated heterocycles. The molecular weight excluding hydrogens is 516 g/mol. The van der Waals surface area contributed by atoms with Crippen molar-refractivity contribution in [3.05, 3.63) is 130 Å². The molecule has 2 amide bonds. The molecule has 1 aliphatic rings. The summed E-state index contributed by atoms with van der Waals surface area (Å²) in [6, 6.07) is 31.6. The molecular formula is C34H32N2O3S. The number of aryl methyl sites for hydroxylation is 1. The predicted octanol–water partition coefficient (Wildman–Crippen LogP) is 7.05. The van der Waals surface area contributed by atoms with Gasteiger partial charge in [-0.15, -0.1) is 0 Å². The van der Waals surface area contributed by atoms with Gasteiger partial charge in [0.2, 0.25) is 0 Å². The molecule has 0 fully saturated rings. The van der Waals surface area contributed by atoms with E-state index in [0.29, 0.717) is 36.6 Å². The Morgan fingerprint density at radius 3 is 2.48 bits per heavy atom. The van der Waals surface area contributed by atoms with Gasteiger partial charge in [-0.1, -0.05) is 84.1 Å². The van der Waals surface area contributed by atoms with Gasteiger partial charge in [0.25, 0.3) is 11.8 Å². The van der Waals surface area contributed by atoms with E-state index >= 15 is 0 Å². The summed E-state index contributed by atoms with van der Waals surface area (Å²) in [4.78, 5) is 30.3. The molecule has 0 unspecified atom stereocenters. The second-order valence-corrected chi connectivity index (χ2v) is 10.8. The number of ether oxygens (including phenoxy) is 1. The fourth-order valence-corrected chi connectivity index (χ4v) is 5.68. The maximum atomic E-state index is 13.8. The molecule has 0 aliphatic carbocycles. The molecule has 40 heavy (non-hydrogen) atoms. The smallest absolute Gasteiger partial charge is 0.265 e. The molecule has 5 rings (SSSR count). The van der Waals surface area contributed by atoms with Crippen LogP contribution in [0.5, 0.6) is 5.75 Å². The second-order valence-electron chi connectivity index (χ2n) is 9.67. The average Bonchev–Trinajstić information content (AvgIpc) is 2.96. The summed E-state index contributed by atoms with van der Waals surface area (Å²) in [5.74, 6) is 0.608. The van der Waals surface area contributed by atoms with Crippen LogP contribution in [0.25, 0.3) is 6.08 Å². The number of carbonyl (C=O) groups excluding carboxylic acids is 2. The van der Waals surface area contributed by atoms with Crippen LogP contribution in [0.2, 0.25) is 0 Å². The summed E-state index contributed by atoms with van der Waals surface area (Å²) in [6.45, 7) is 5.56. The number of rotatable bonds is 9. The molecule has 1 heterocycles. The van der Waals surface area contributed by atoms with E-state index in [1.54, 1.807) is 4.90 Å². The molecule has 4 aromatic rings. The average molecular weight is 549 g/mol. The first-order valence-electron chi connectivity index (χ1n) is 13.5. The van der Waals surface area contributed by atoms with Crippen molar-refractivity contribution in [2.75, 3.05) is 18.1 Å². The molecule has 1 N–H and O–H groups in total. The maximum absolute atomic E-state index is 13.8. The zero-order chi connectivity index (χ0) is 27.9. The van der Waals surface area contributed by atoms with E-state index in [2.05, 4.69) is 11.4 Å². The summed E-state index contributed by atoms with van der Waals surface area (Å²) in [6.07, 6.45) is 2.64. The molecule has 0 saturated carbocycles. The number of nitrogens with one attached hydrogen (secondary N) is 1. The first kappa shape index (κ1) is 27.3. The number of thioether (sulfide) groups is 1. The number of fused-ring (bicyclic) bond motifs is 1. The Hall–Kier alpha value is -4.29. The molecule has 202 valence electrons. The van der Waals surface area contributed by atoms with Gasteiger partial charge in [0.1, 0.15) is 5.75 Å². The highest BCUT2D eigenvalue weighted by Crippen LogP contribution is 2.43. The third kappa shape index (κ3) is 6.64. The molecule has 0 bridgehead atoms. The lowest BCUT2D eigenvalue weighted by Crippen LogP contribution is -2.34. The van der Waals surface area contributed by atoms with Gasteiger partial charge >= 0.3 is 0 Å². The van der Waals surface area contributed by atoms with E-state index in [9.17, 15) is 9.59 Å². The van der Waals surface area contributed by atoms with Gasteiger partial charge in [-0.2, -0.15) is 0 Å². The number of hydrogen-bond acceptors (Lipinski definition) is 4. The van der Waals surface area contributed by atoms with Gasteiger partial charge in [0, 0.05) is 17.0 Å². The van der Waals surface area contributed by atoms with Gasteiger partial charge in [-0.3, -0.25) is 9.59 Å². The summed E-state index contributed by atoms with van der Waals surface area (Å²) < 4.78 is 5.50. The van der Waals surface area contributed by atoms with Crippen LogP contribution in [0.3, 0.4) is 0 Å². The minimum Gasteiger partial charge on any atom is -0.494 e. The van der Waals surface area contributed by atoms with E-state index in [4.69, 9.17) is 4.74 Å². The summed E-state index contributed by atoms with van der Waals surface area (Å²) in [7, 11) is 0. The van der Waals surface area contributed by atoms with Crippen molar-refractivity contribution in [3.8, 4) is 5.75 Å². The lowest BCUT2D eigenvalue weighted by atomic mass is 10.1. The zero-order valence-electron chi connectivity index (χ0n) is 22.7. The van der Waals surface area contributed by atoms with Gasteiger partial charge < -0.3 is 15.0 Å². The lowest BCUT2D eigenvalue weighted by molar-refractivity contribution is -0.114. The Bertz CT molecular complexity index is 1530. The third-order valence-corrected chi connectivity index (χ3v) is 7.72. The van der Waals surface area contributed by atoms with Crippen LogP contribution in [0.15, 0.2) is 107 Å².